The number of imide groups is 1. The molecule has 0 atom stereocenters. The fourth-order valence-corrected chi connectivity index (χ4v) is 2.90. The minimum atomic E-state index is -0.738. The average molecular weight is 401 g/mol. The molecule has 7 nitrogen and oxygen atoms in total. The summed E-state index contributed by atoms with van der Waals surface area (Å²) in [4.78, 5) is 48.9. The zero-order valence-electron chi connectivity index (χ0n) is 15.0. The Bertz CT molecular complexity index is 957. The third kappa shape index (κ3) is 4.37. The zero-order chi connectivity index (χ0) is 20.3. The predicted molar refractivity (Wildman–Crippen MR) is 103 cm³/mol. The van der Waals surface area contributed by atoms with Gasteiger partial charge in [-0.1, -0.05) is 23.7 Å². The van der Waals surface area contributed by atoms with Crippen LogP contribution in [-0.4, -0.2) is 30.3 Å². The molecule has 0 aromatic heterocycles. The molecule has 0 aliphatic carbocycles. The maximum Gasteiger partial charge on any atom is 0.338 e. The van der Waals surface area contributed by atoms with Crippen LogP contribution in [-0.2, 0) is 19.1 Å². The molecule has 0 unspecified atom stereocenters. The van der Waals surface area contributed by atoms with Crippen molar-refractivity contribution in [1.82, 2.24) is 0 Å². The second-order valence-electron chi connectivity index (χ2n) is 6.26. The van der Waals surface area contributed by atoms with E-state index in [0.29, 0.717) is 16.4 Å². The monoisotopic (exact) mass is 400 g/mol. The number of halogens is 1. The summed E-state index contributed by atoms with van der Waals surface area (Å²) in [5.74, 6) is -1.88. The summed E-state index contributed by atoms with van der Waals surface area (Å²) in [6.45, 7) is 1.35. The number of carbonyl (C=O) groups is 4. The highest BCUT2D eigenvalue weighted by Gasteiger charge is 2.30. The van der Waals surface area contributed by atoms with Crippen LogP contribution in [0.5, 0.6) is 0 Å². The van der Waals surface area contributed by atoms with Gasteiger partial charge in [0, 0.05) is 23.6 Å². The molecule has 2 aromatic carbocycles. The lowest BCUT2D eigenvalue weighted by molar-refractivity contribution is -0.121. The maximum atomic E-state index is 12.2. The van der Waals surface area contributed by atoms with Crippen LogP contribution in [0.3, 0.4) is 0 Å². The normalized spacial score (nSPS) is 13.6. The first kappa shape index (κ1) is 19.6. The number of hydrogen-bond donors (Lipinski definition) is 1. The molecule has 3 rings (SSSR count). The number of aryl methyl sites for hydroxylation is 1. The van der Waals surface area contributed by atoms with E-state index >= 15 is 0 Å². The molecular weight excluding hydrogens is 384 g/mol. The second-order valence-corrected chi connectivity index (χ2v) is 6.67. The van der Waals surface area contributed by atoms with Crippen molar-refractivity contribution in [3.05, 3.63) is 58.6 Å². The number of amides is 3. The highest BCUT2D eigenvalue weighted by molar-refractivity contribution is 6.31. The van der Waals surface area contributed by atoms with Crippen LogP contribution in [0.2, 0.25) is 5.02 Å². The summed E-state index contributed by atoms with van der Waals surface area (Å²) in [5, 5.41) is 3.10. The fraction of sp³-hybridized carbons (Fsp3) is 0.200. The van der Waals surface area contributed by atoms with E-state index in [-0.39, 0.29) is 30.2 Å². The number of ether oxygens (including phenoxy) is 1. The minimum absolute atomic E-state index is 0.135. The van der Waals surface area contributed by atoms with Gasteiger partial charge in [-0.15, -0.1) is 0 Å². The van der Waals surface area contributed by atoms with Crippen molar-refractivity contribution in [3.8, 4) is 0 Å². The first-order chi connectivity index (χ1) is 13.3. The van der Waals surface area contributed by atoms with E-state index in [1.54, 1.807) is 30.3 Å². The average Bonchev–Trinajstić information content (AvgIpc) is 3.01. The van der Waals surface area contributed by atoms with Gasteiger partial charge in [0.1, 0.15) is 0 Å². The Morgan fingerprint density at radius 2 is 1.82 bits per heavy atom. The second kappa shape index (κ2) is 8.22. The third-order valence-corrected chi connectivity index (χ3v) is 4.59. The van der Waals surface area contributed by atoms with E-state index in [1.165, 1.54) is 12.1 Å². The Morgan fingerprint density at radius 3 is 2.50 bits per heavy atom. The number of nitrogens with one attached hydrogen (secondary N) is 1. The first-order valence-electron chi connectivity index (χ1n) is 8.54. The molecule has 0 saturated carbocycles. The summed E-state index contributed by atoms with van der Waals surface area (Å²) >= 11 is 6.01. The van der Waals surface area contributed by atoms with Gasteiger partial charge in [-0.2, -0.15) is 0 Å². The van der Waals surface area contributed by atoms with Crippen molar-refractivity contribution in [3.63, 3.8) is 0 Å². The predicted octanol–water partition coefficient (Wildman–Crippen LogP) is 3.10. The van der Waals surface area contributed by atoms with E-state index in [0.717, 1.165) is 10.5 Å². The molecule has 1 fully saturated rings. The largest absolute Gasteiger partial charge is 0.452 e. The van der Waals surface area contributed by atoms with Gasteiger partial charge in [-0.05, 0) is 42.8 Å². The van der Waals surface area contributed by atoms with Gasteiger partial charge >= 0.3 is 5.97 Å². The van der Waals surface area contributed by atoms with E-state index in [9.17, 15) is 19.2 Å². The van der Waals surface area contributed by atoms with Crippen LogP contribution in [0.25, 0.3) is 0 Å². The van der Waals surface area contributed by atoms with Gasteiger partial charge < -0.3 is 10.1 Å². The van der Waals surface area contributed by atoms with E-state index in [1.807, 2.05) is 6.92 Å². The van der Waals surface area contributed by atoms with Gasteiger partial charge in [0.25, 0.3) is 5.91 Å². The lowest BCUT2D eigenvalue weighted by Gasteiger charge is -2.14. The summed E-state index contributed by atoms with van der Waals surface area (Å²) < 4.78 is 5.02. The van der Waals surface area contributed by atoms with Gasteiger partial charge in [0.05, 0.1) is 11.3 Å². The Hall–Kier alpha value is -3.19. The van der Waals surface area contributed by atoms with E-state index < -0.39 is 18.5 Å². The first-order valence-corrected chi connectivity index (χ1v) is 8.92. The lowest BCUT2D eigenvalue weighted by atomic mass is 10.2. The molecule has 0 spiro atoms. The van der Waals surface area contributed by atoms with Crippen molar-refractivity contribution < 1.29 is 23.9 Å². The summed E-state index contributed by atoms with van der Waals surface area (Å²) in [6.07, 6.45) is 0.299. The Morgan fingerprint density at radius 1 is 1.11 bits per heavy atom. The molecular formula is C20H17ClN2O5. The Labute approximate surface area is 166 Å². The Kier molecular flexibility index (Phi) is 5.75. The van der Waals surface area contributed by atoms with Crippen LogP contribution in [0.4, 0.5) is 11.4 Å². The van der Waals surface area contributed by atoms with E-state index in [2.05, 4.69) is 5.32 Å². The molecule has 0 radical (unpaired) electrons. The molecule has 1 N–H and O–H groups in total. The van der Waals surface area contributed by atoms with Crippen molar-refractivity contribution in [2.75, 3.05) is 16.8 Å². The third-order valence-electron chi connectivity index (χ3n) is 4.18. The van der Waals surface area contributed by atoms with Gasteiger partial charge in [-0.25, -0.2) is 4.79 Å². The minimum Gasteiger partial charge on any atom is -0.452 e. The maximum absolute atomic E-state index is 12.2. The SMILES string of the molecule is Cc1ccc(NC(=O)COC(=O)c2cccc(N3C(=O)CCC3=O)c2)cc1Cl. The summed E-state index contributed by atoms with van der Waals surface area (Å²) in [5.41, 5.74) is 1.81. The summed E-state index contributed by atoms with van der Waals surface area (Å²) in [7, 11) is 0. The van der Waals surface area contributed by atoms with Crippen LogP contribution in [0, 0.1) is 6.92 Å². The standard InChI is InChI=1S/C20H17ClN2O5/c1-12-5-6-14(10-16(12)21)22-17(24)11-28-20(27)13-3-2-4-15(9-13)23-18(25)7-8-19(23)26/h2-6,9-10H,7-8,11H2,1H3,(H,22,24). The summed E-state index contributed by atoms with van der Waals surface area (Å²) in [6, 6.07) is 11.0. The van der Waals surface area contributed by atoms with Gasteiger partial charge in [0.2, 0.25) is 11.8 Å². The number of anilines is 2. The molecule has 8 heteroatoms. The van der Waals surface area contributed by atoms with Crippen LogP contribution < -0.4 is 10.2 Å². The van der Waals surface area contributed by atoms with Crippen molar-refractivity contribution >= 4 is 46.7 Å². The van der Waals surface area contributed by atoms with Crippen molar-refractivity contribution in [1.29, 1.82) is 0 Å². The number of esters is 1. The van der Waals surface area contributed by atoms with Crippen molar-refractivity contribution in [2.24, 2.45) is 0 Å². The lowest BCUT2D eigenvalue weighted by Crippen LogP contribution is -2.28. The highest BCUT2D eigenvalue weighted by atomic mass is 35.5. The molecule has 2 aromatic rings. The number of hydrogen-bond acceptors (Lipinski definition) is 5. The molecule has 3 amide bonds. The van der Waals surface area contributed by atoms with Gasteiger partial charge in [0.15, 0.2) is 6.61 Å². The quantitative estimate of drug-likeness (QED) is 0.615. The van der Waals surface area contributed by atoms with Crippen LogP contribution >= 0.6 is 11.6 Å². The molecule has 1 aliphatic heterocycles. The molecule has 144 valence electrons. The highest BCUT2D eigenvalue weighted by Crippen LogP contribution is 2.24. The molecule has 0 bridgehead atoms. The van der Waals surface area contributed by atoms with Crippen LogP contribution in [0.1, 0.15) is 28.8 Å². The number of nitrogens with zero attached hydrogens (tertiary/aromatic N) is 1. The molecule has 1 saturated heterocycles. The fourth-order valence-electron chi connectivity index (χ4n) is 2.72. The topological polar surface area (TPSA) is 92.8 Å². The van der Waals surface area contributed by atoms with Crippen molar-refractivity contribution in [2.45, 2.75) is 19.8 Å². The zero-order valence-corrected chi connectivity index (χ0v) is 15.8. The molecule has 1 heterocycles. The van der Waals surface area contributed by atoms with E-state index in [4.69, 9.17) is 16.3 Å². The smallest absolute Gasteiger partial charge is 0.338 e. The number of carbonyl (C=O) groups excluding carboxylic acids is 4. The molecule has 28 heavy (non-hydrogen) atoms. The van der Waals surface area contributed by atoms with Crippen LogP contribution in [0.15, 0.2) is 42.5 Å². The number of rotatable bonds is 5. The Balaban J connectivity index is 1.61. The number of benzene rings is 2. The molecule has 1 aliphatic rings. The van der Waals surface area contributed by atoms with Gasteiger partial charge in [-0.3, -0.25) is 19.3 Å².